The van der Waals surface area contributed by atoms with Crippen molar-refractivity contribution in [2.24, 2.45) is 7.05 Å². The van der Waals surface area contributed by atoms with Crippen LogP contribution in [0.25, 0.3) is 11.3 Å². The molecule has 1 fully saturated rings. The third-order valence-corrected chi connectivity index (χ3v) is 4.61. The smallest absolute Gasteiger partial charge is 0.266 e. The molecule has 0 bridgehead atoms. The van der Waals surface area contributed by atoms with E-state index in [0.29, 0.717) is 17.8 Å². The maximum atomic E-state index is 12.8. The standard InChI is InChI=1S/C20H25N3O3/c1-3-13-26-17-5-4-12-23(14-17)20(25)16-8-6-15(7-9-16)18-10-11-19(24)22(2)21-18/h6-11,17H,3-5,12-14H2,1-2H3. The number of carbonyl (C=O) groups is 1. The molecule has 1 saturated heterocycles. The first kappa shape index (κ1) is 18.3. The summed E-state index contributed by atoms with van der Waals surface area (Å²) in [5.74, 6) is 0.0368. The maximum Gasteiger partial charge on any atom is 0.266 e. The summed E-state index contributed by atoms with van der Waals surface area (Å²) in [6.45, 7) is 4.26. The Morgan fingerprint density at radius 3 is 2.69 bits per heavy atom. The van der Waals surface area contributed by atoms with Gasteiger partial charge < -0.3 is 9.64 Å². The Kier molecular flexibility index (Phi) is 5.83. The van der Waals surface area contributed by atoms with Gasteiger partial charge in [0.1, 0.15) is 0 Å². The quantitative estimate of drug-likeness (QED) is 0.826. The molecule has 26 heavy (non-hydrogen) atoms. The van der Waals surface area contributed by atoms with Crippen molar-refractivity contribution in [2.45, 2.75) is 32.3 Å². The van der Waals surface area contributed by atoms with E-state index in [1.807, 2.05) is 29.2 Å². The van der Waals surface area contributed by atoms with E-state index in [0.717, 1.165) is 38.0 Å². The largest absolute Gasteiger partial charge is 0.376 e. The average molecular weight is 355 g/mol. The van der Waals surface area contributed by atoms with E-state index >= 15 is 0 Å². The van der Waals surface area contributed by atoms with Crippen molar-refractivity contribution >= 4 is 5.91 Å². The molecule has 1 amide bonds. The first-order valence-corrected chi connectivity index (χ1v) is 9.14. The van der Waals surface area contributed by atoms with Crippen LogP contribution in [0.4, 0.5) is 0 Å². The van der Waals surface area contributed by atoms with Crippen molar-refractivity contribution in [3.05, 3.63) is 52.3 Å². The molecule has 6 heteroatoms. The van der Waals surface area contributed by atoms with Crippen LogP contribution in [0.2, 0.25) is 0 Å². The van der Waals surface area contributed by atoms with Crippen LogP contribution in [0.5, 0.6) is 0 Å². The van der Waals surface area contributed by atoms with Crippen molar-refractivity contribution in [3.8, 4) is 11.3 Å². The molecule has 2 aromatic rings. The van der Waals surface area contributed by atoms with E-state index in [4.69, 9.17) is 4.74 Å². The van der Waals surface area contributed by atoms with Crippen LogP contribution in [0.1, 0.15) is 36.5 Å². The summed E-state index contributed by atoms with van der Waals surface area (Å²) in [5.41, 5.74) is 2.09. The fourth-order valence-corrected chi connectivity index (χ4v) is 3.17. The molecular weight excluding hydrogens is 330 g/mol. The van der Waals surface area contributed by atoms with E-state index in [9.17, 15) is 9.59 Å². The van der Waals surface area contributed by atoms with Gasteiger partial charge in [-0.1, -0.05) is 19.1 Å². The number of likely N-dealkylation sites (tertiary alicyclic amines) is 1. The predicted octanol–water partition coefficient (Wildman–Crippen LogP) is 2.48. The topological polar surface area (TPSA) is 64.4 Å². The molecule has 3 rings (SSSR count). The van der Waals surface area contributed by atoms with Gasteiger partial charge in [0, 0.05) is 43.9 Å². The first-order valence-electron chi connectivity index (χ1n) is 9.14. The van der Waals surface area contributed by atoms with Crippen molar-refractivity contribution in [1.82, 2.24) is 14.7 Å². The molecule has 1 unspecified atom stereocenters. The Hall–Kier alpha value is -2.47. The number of aryl methyl sites for hydroxylation is 1. The molecule has 0 radical (unpaired) electrons. The van der Waals surface area contributed by atoms with E-state index in [1.165, 1.54) is 10.7 Å². The Balaban J connectivity index is 1.70. The predicted molar refractivity (Wildman–Crippen MR) is 100 cm³/mol. The van der Waals surface area contributed by atoms with E-state index < -0.39 is 0 Å². The molecule has 2 heterocycles. The number of aromatic nitrogens is 2. The number of benzene rings is 1. The molecule has 0 spiro atoms. The first-order chi connectivity index (χ1) is 12.6. The second kappa shape index (κ2) is 8.27. The summed E-state index contributed by atoms with van der Waals surface area (Å²) in [6, 6.07) is 10.6. The summed E-state index contributed by atoms with van der Waals surface area (Å²) in [7, 11) is 1.62. The van der Waals surface area contributed by atoms with Gasteiger partial charge in [-0.15, -0.1) is 0 Å². The van der Waals surface area contributed by atoms with E-state index in [1.54, 1.807) is 13.1 Å². The molecule has 0 saturated carbocycles. The van der Waals surface area contributed by atoms with E-state index in [2.05, 4.69) is 12.0 Å². The molecule has 6 nitrogen and oxygen atoms in total. The van der Waals surface area contributed by atoms with E-state index in [-0.39, 0.29) is 17.6 Å². The highest BCUT2D eigenvalue weighted by atomic mass is 16.5. The summed E-state index contributed by atoms with van der Waals surface area (Å²) in [4.78, 5) is 26.1. The van der Waals surface area contributed by atoms with Crippen LogP contribution in [0.15, 0.2) is 41.2 Å². The molecule has 1 aliphatic heterocycles. The Morgan fingerprint density at radius 1 is 1.23 bits per heavy atom. The van der Waals surface area contributed by atoms with Gasteiger partial charge in [-0.05, 0) is 37.5 Å². The van der Waals surface area contributed by atoms with Crippen LogP contribution in [-0.4, -0.2) is 46.4 Å². The zero-order chi connectivity index (χ0) is 18.5. The Morgan fingerprint density at radius 2 is 2.00 bits per heavy atom. The molecular formula is C20H25N3O3. The van der Waals surface area contributed by atoms with Crippen LogP contribution >= 0.6 is 0 Å². The third kappa shape index (κ3) is 4.19. The lowest BCUT2D eigenvalue weighted by atomic mass is 10.0. The lowest BCUT2D eigenvalue weighted by Gasteiger charge is -2.32. The minimum Gasteiger partial charge on any atom is -0.376 e. The molecule has 1 aromatic heterocycles. The number of piperidine rings is 1. The second-order valence-electron chi connectivity index (χ2n) is 6.64. The minimum atomic E-state index is -0.148. The maximum absolute atomic E-state index is 12.8. The Bertz CT molecular complexity index is 814. The normalized spacial score (nSPS) is 17.3. The van der Waals surface area contributed by atoms with Crippen LogP contribution in [0.3, 0.4) is 0 Å². The Labute approximate surface area is 153 Å². The van der Waals surface area contributed by atoms with Gasteiger partial charge >= 0.3 is 0 Å². The molecule has 1 aliphatic rings. The van der Waals surface area contributed by atoms with Crippen molar-refractivity contribution < 1.29 is 9.53 Å². The van der Waals surface area contributed by atoms with Crippen LogP contribution < -0.4 is 5.56 Å². The molecule has 1 aromatic carbocycles. The lowest BCUT2D eigenvalue weighted by molar-refractivity contribution is 0.00211. The minimum absolute atomic E-state index is 0.0368. The van der Waals surface area contributed by atoms with Crippen molar-refractivity contribution in [3.63, 3.8) is 0 Å². The average Bonchev–Trinajstić information content (AvgIpc) is 2.68. The molecule has 138 valence electrons. The summed E-state index contributed by atoms with van der Waals surface area (Å²) >= 11 is 0. The fourth-order valence-electron chi connectivity index (χ4n) is 3.17. The highest BCUT2D eigenvalue weighted by Crippen LogP contribution is 2.19. The number of carbonyl (C=O) groups excluding carboxylic acids is 1. The summed E-state index contributed by atoms with van der Waals surface area (Å²) < 4.78 is 7.12. The van der Waals surface area contributed by atoms with Gasteiger partial charge in [0.05, 0.1) is 11.8 Å². The molecule has 0 N–H and O–H groups in total. The van der Waals surface area contributed by atoms with Crippen LogP contribution in [0, 0.1) is 0 Å². The SMILES string of the molecule is CCCOC1CCCN(C(=O)c2ccc(-c3ccc(=O)n(C)n3)cc2)C1. The zero-order valence-electron chi connectivity index (χ0n) is 15.4. The monoisotopic (exact) mass is 355 g/mol. The van der Waals surface area contributed by atoms with Gasteiger partial charge in [-0.2, -0.15) is 5.10 Å². The second-order valence-corrected chi connectivity index (χ2v) is 6.64. The van der Waals surface area contributed by atoms with Crippen molar-refractivity contribution in [2.75, 3.05) is 19.7 Å². The van der Waals surface area contributed by atoms with Gasteiger partial charge in [0.25, 0.3) is 11.5 Å². The number of nitrogens with zero attached hydrogens (tertiary/aromatic N) is 3. The number of amides is 1. The van der Waals surface area contributed by atoms with Gasteiger partial charge in [0.15, 0.2) is 0 Å². The van der Waals surface area contributed by atoms with Gasteiger partial charge in [0.2, 0.25) is 0 Å². The zero-order valence-corrected chi connectivity index (χ0v) is 15.4. The summed E-state index contributed by atoms with van der Waals surface area (Å²) in [6.07, 6.45) is 3.12. The molecule has 0 aliphatic carbocycles. The van der Waals surface area contributed by atoms with Crippen LogP contribution in [-0.2, 0) is 11.8 Å². The third-order valence-electron chi connectivity index (χ3n) is 4.61. The highest BCUT2D eigenvalue weighted by Gasteiger charge is 2.24. The van der Waals surface area contributed by atoms with Crippen molar-refractivity contribution in [1.29, 1.82) is 0 Å². The lowest BCUT2D eigenvalue weighted by Crippen LogP contribution is -2.43. The number of ether oxygens (including phenoxy) is 1. The highest BCUT2D eigenvalue weighted by molar-refractivity contribution is 5.94. The number of hydrogen-bond acceptors (Lipinski definition) is 4. The van der Waals surface area contributed by atoms with Gasteiger partial charge in [-0.3, -0.25) is 9.59 Å². The molecule has 1 atom stereocenters. The fraction of sp³-hybridized carbons (Fsp3) is 0.450. The number of rotatable bonds is 5. The summed E-state index contributed by atoms with van der Waals surface area (Å²) in [5, 5.41) is 4.24. The van der Waals surface area contributed by atoms with Gasteiger partial charge in [-0.25, -0.2) is 4.68 Å². The number of hydrogen-bond donors (Lipinski definition) is 0.